The first kappa shape index (κ1) is 17.5. The fraction of sp³-hybridized carbons (Fsp3) is 0.357. The van der Waals surface area contributed by atoms with Crippen molar-refractivity contribution >= 4 is 10.0 Å². The monoisotopic (exact) mass is 377 g/mol. The van der Waals surface area contributed by atoms with Crippen molar-refractivity contribution in [3.63, 3.8) is 0 Å². The number of aromatic nitrogens is 2. The number of rotatable bonds is 5. The Morgan fingerprint density at radius 1 is 1.16 bits per heavy atom. The maximum absolute atomic E-state index is 12.5. The van der Waals surface area contributed by atoms with Gasteiger partial charge in [-0.05, 0) is 18.2 Å². The van der Waals surface area contributed by atoms with Crippen LogP contribution in [-0.2, 0) is 22.7 Å². The first-order valence-corrected chi connectivity index (χ1v) is 8.74. The second-order valence-electron chi connectivity index (χ2n) is 5.17. The highest BCUT2D eigenvalue weighted by molar-refractivity contribution is 7.89. The number of sulfonamides is 1. The van der Waals surface area contributed by atoms with Crippen LogP contribution in [-0.4, -0.2) is 38.0 Å². The van der Waals surface area contributed by atoms with Gasteiger partial charge in [-0.3, -0.25) is 4.68 Å². The summed E-state index contributed by atoms with van der Waals surface area (Å²) < 4.78 is 75.9. The molecule has 0 radical (unpaired) electrons. The van der Waals surface area contributed by atoms with Crippen molar-refractivity contribution in [1.29, 1.82) is 0 Å². The van der Waals surface area contributed by atoms with Gasteiger partial charge in [0.15, 0.2) is 17.2 Å². The van der Waals surface area contributed by atoms with E-state index in [1.807, 2.05) is 0 Å². The van der Waals surface area contributed by atoms with Gasteiger partial charge in [0.2, 0.25) is 10.0 Å². The molecule has 7 nitrogen and oxygen atoms in total. The van der Waals surface area contributed by atoms with Crippen molar-refractivity contribution in [1.82, 2.24) is 14.5 Å². The lowest BCUT2D eigenvalue weighted by molar-refractivity contribution is -0.141. The highest BCUT2D eigenvalue weighted by Gasteiger charge is 2.33. The van der Waals surface area contributed by atoms with E-state index in [-0.39, 0.29) is 18.0 Å². The van der Waals surface area contributed by atoms with Crippen LogP contribution in [0.5, 0.6) is 11.5 Å². The Balaban J connectivity index is 1.63. The maximum Gasteiger partial charge on any atom is 0.435 e. The van der Waals surface area contributed by atoms with Crippen molar-refractivity contribution in [3.05, 3.63) is 36.2 Å². The van der Waals surface area contributed by atoms with E-state index in [4.69, 9.17) is 9.47 Å². The molecule has 0 fully saturated rings. The van der Waals surface area contributed by atoms with Crippen molar-refractivity contribution < 1.29 is 31.1 Å². The average Bonchev–Trinajstić information content (AvgIpc) is 3.03. The number of hydrogen-bond acceptors (Lipinski definition) is 5. The lowest BCUT2D eigenvalue weighted by atomic mass is 10.3. The molecular formula is C14H14F3N3O4S. The van der Waals surface area contributed by atoms with Crippen LogP contribution in [0, 0.1) is 0 Å². The third-order valence-electron chi connectivity index (χ3n) is 3.39. The zero-order valence-corrected chi connectivity index (χ0v) is 13.6. The summed E-state index contributed by atoms with van der Waals surface area (Å²) in [5.74, 6) is 0.789. The van der Waals surface area contributed by atoms with Gasteiger partial charge in [0.1, 0.15) is 13.2 Å². The predicted octanol–water partition coefficient (Wildman–Crippen LogP) is 1.65. The van der Waals surface area contributed by atoms with Crippen molar-refractivity contribution in [2.45, 2.75) is 17.6 Å². The standard InChI is InChI=1S/C14H14F3N3O4S/c15-14(16,17)13-3-5-20(19-13)6-4-18-25(21,22)10-1-2-11-12(9-10)24-8-7-23-11/h1-3,5,9,18H,4,6-8H2. The molecule has 1 aliphatic rings. The van der Waals surface area contributed by atoms with Crippen LogP contribution >= 0.6 is 0 Å². The Kier molecular flexibility index (Phi) is 4.60. The minimum absolute atomic E-state index is 0.0202. The van der Waals surface area contributed by atoms with Gasteiger partial charge in [-0.15, -0.1) is 0 Å². The second-order valence-corrected chi connectivity index (χ2v) is 6.93. The van der Waals surface area contributed by atoms with Crippen LogP contribution in [0.3, 0.4) is 0 Å². The highest BCUT2D eigenvalue weighted by atomic mass is 32.2. The summed E-state index contributed by atoms with van der Waals surface area (Å²) in [6.07, 6.45) is -3.39. The Morgan fingerprint density at radius 2 is 1.88 bits per heavy atom. The largest absolute Gasteiger partial charge is 0.486 e. The molecule has 11 heteroatoms. The van der Waals surface area contributed by atoms with E-state index in [0.717, 1.165) is 16.9 Å². The van der Waals surface area contributed by atoms with Gasteiger partial charge in [0.05, 0.1) is 11.4 Å². The first-order valence-electron chi connectivity index (χ1n) is 7.26. The van der Waals surface area contributed by atoms with E-state index in [9.17, 15) is 21.6 Å². The molecule has 0 aliphatic carbocycles. The minimum atomic E-state index is -4.53. The van der Waals surface area contributed by atoms with Gasteiger partial charge in [-0.1, -0.05) is 0 Å². The topological polar surface area (TPSA) is 82.5 Å². The average molecular weight is 377 g/mol. The summed E-state index contributed by atoms with van der Waals surface area (Å²) >= 11 is 0. The number of ether oxygens (including phenoxy) is 2. The summed E-state index contributed by atoms with van der Waals surface area (Å²) in [7, 11) is -3.83. The number of hydrogen-bond donors (Lipinski definition) is 1. The molecule has 25 heavy (non-hydrogen) atoms. The van der Waals surface area contributed by atoms with Crippen LogP contribution in [0.4, 0.5) is 13.2 Å². The summed E-state index contributed by atoms with van der Waals surface area (Å²) in [5, 5.41) is 3.35. The summed E-state index contributed by atoms with van der Waals surface area (Å²) in [6.45, 7) is 0.557. The molecule has 0 saturated heterocycles. The molecule has 2 heterocycles. The molecule has 0 spiro atoms. The van der Waals surface area contributed by atoms with Crippen molar-refractivity contribution in [2.75, 3.05) is 19.8 Å². The molecule has 1 aromatic carbocycles. The number of halogens is 3. The Morgan fingerprint density at radius 3 is 2.56 bits per heavy atom. The molecular weight excluding hydrogens is 363 g/mol. The third kappa shape index (κ3) is 4.04. The molecule has 1 aliphatic heterocycles. The fourth-order valence-electron chi connectivity index (χ4n) is 2.21. The molecule has 0 atom stereocenters. The zero-order valence-electron chi connectivity index (χ0n) is 12.8. The Bertz CT molecular complexity index is 864. The summed E-state index contributed by atoms with van der Waals surface area (Å²) in [5.41, 5.74) is -1.03. The van der Waals surface area contributed by atoms with Crippen LogP contribution in [0.2, 0.25) is 0 Å². The van der Waals surface area contributed by atoms with Gasteiger partial charge in [-0.25, -0.2) is 13.1 Å². The van der Waals surface area contributed by atoms with E-state index in [0.29, 0.717) is 24.7 Å². The lowest BCUT2D eigenvalue weighted by Gasteiger charge is -2.18. The van der Waals surface area contributed by atoms with Crippen LogP contribution in [0.1, 0.15) is 5.69 Å². The number of benzene rings is 1. The van der Waals surface area contributed by atoms with E-state index in [1.165, 1.54) is 18.2 Å². The Hall–Kier alpha value is -2.27. The second kappa shape index (κ2) is 6.56. The number of nitrogens with one attached hydrogen (secondary N) is 1. The van der Waals surface area contributed by atoms with Crippen LogP contribution in [0.15, 0.2) is 35.4 Å². The fourth-order valence-corrected chi connectivity index (χ4v) is 3.24. The number of nitrogens with zero attached hydrogens (tertiary/aromatic N) is 2. The number of alkyl halides is 3. The van der Waals surface area contributed by atoms with Gasteiger partial charge >= 0.3 is 6.18 Å². The molecule has 1 aromatic heterocycles. The third-order valence-corrected chi connectivity index (χ3v) is 4.85. The molecule has 0 saturated carbocycles. The number of fused-ring (bicyclic) bond motifs is 1. The van der Waals surface area contributed by atoms with Gasteiger partial charge in [0.25, 0.3) is 0 Å². The van der Waals surface area contributed by atoms with E-state index in [1.54, 1.807) is 0 Å². The predicted molar refractivity (Wildman–Crippen MR) is 79.8 cm³/mol. The van der Waals surface area contributed by atoms with Gasteiger partial charge in [0, 0.05) is 18.8 Å². The molecule has 0 unspecified atom stereocenters. The zero-order chi connectivity index (χ0) is 18.1. The molecule has 1 N–H and O–H groups in total. The Labute approximate surface area is 141 Å². The lowest BCUT2D eigenvalue weighted by Crippen LogP contribution is -2.28. The molecule has 3 rings (SSSR count). The smallest absolute Gasteiger partial charge is 0.435 e. The normalized spacial score (nSPS) is 14.5. The van der Waals surface area contributed by atoms with Crippen LogP contribution < -0.4 is 14.2 Å². The van der Waals surface area contributed by atoms with Crippen molar-refractivity contribution in [3.8, 4) is 11.5 Å². The maximum atomic E-state index is 12.5. The molecule has 2 aromatic rings. The summed E-state index contributed by atoms with van der Waals surface area (Å²) in [6, 6.07) is 5.03. The minimum Gasteiger partial charge on any atom is -0.486 e. The van der Waals surface area contributed by atoms with Crippen molar-refractivity contribution in [2.24, 2.45) is 0 Å². The van der Waals surface area contributed by atoms with Crippen LogP contribution in [0.25, 0.3) is 0 Å². The first-order chi connectivity index (χ1) is 11.8. The van der Waals surface area contributed by atoms with Gasteiger partial charge < -0.3 is 9.47 Å². The SMILES string of the molecule is O=S(=O)(NCCn1ccc(C(F)(F)F)n1)c1ccc2c(c1)OCCO2. The van der Waals surface area contributed by atoms with E-state index in [2.05, 4.69) is 9.82 Å². The molecule has 0 amide bonds. The highest BCUT2D eigenvalue weighted by Crippen LogP contribution is 2.32. The summed E-state index contributed by atoms with van der Waals surface area (Å²) in [4.78, 5) is -0.0202. The molecule has 0 bridgehead atoms. The quantitative estimate of drug-likeness (QED) is 0.857. The van der Waals surface area contributed by atoms with E-state index < -0.39 is 21.9 Å². The van der Waals surface area contributed by atoms with Gasteiger partial charge in [-0.2, -0.15) is 18.3 Å². The molecule has 136 valence electrons. The van der Waals surface area contributed by atoms with E-state index >= 15 is 0 Å².